The third-order valence-corrected chi connectivity index (χ3v) is 3.03. The van der Waals surface area contributed by atoms with Crippen LogP contribution < -0.4 is 19.5 Å². The van der Waals surface area contributed by atoms with Crippen LogP contribution in [-0.2, 0) is 6.54 Å². The highest BCUT2D eigenvalue weighted by Crippen LogP contribution is 2.38. The van der Waals surface area contributed by atoms with Gasteiger partial charge in [-0.15, -0.1) is 0 Å². The maximum absolute atomic E-state index is 9.19. The molecule has 114 valence electrons. The summed E-state index contributed by atoms with van der Waals surface area (Å²) in [7, 11) is 4.81. The van der Waals surface area contributed by atoms with Gasteiger partial charge in [0.15, 0.2) is 11.5 Å². The van der Waals surface area contributed by atoms with Crippen LogP contribution in [-0.4, -0.2) is 39.1 Å². The Bertz CT molecular complexity index is 382. The summed E-state index contributed by atoms with van der Waals surface area (Å²) in [4.78, 5) is 0. The molecule has 0 spiro atoms. The molecule has 5 heteroatoms. The molecule has 0 amide bonds. The zero-order chi connectivity index (χ0) is 15.0. The summed E-state index contributed by atoms with van der Waals surface area (Å²) >= 11 is 0. The van der Waals surface area contributed by atoms with E-state index >= 15 is 0 Å². The van der Waals surface area contributed by atoms with Crippen molar-refractivity contribution in [1.29, 1.82) is 0 Å². The van der Waals surface area contributed by atoms with E-state index in [2.05, 4.69) is 5.32 Å². The number of benzene rings is 1. The van der Waals surface area contributed by atoms with Gasteiger partial charge in [0.1, 0.15) is 0 Å². The molecule has 5 nitrogen and oxygen atoms in total. The van der Waals surface area contributed by atoms with Crippen molar-refractivity contribution in [2.24, 2.45) is 0 Å². The minimum atomic E-state index is -0.238. The summed E-state index contributed by atoms with van der Waals surface area (Å²) in [5, 5.41) is 12.5. The van der Waals surface area contributed by atoms with Crippen LogP contribution in [0.15, 0.2) is 12.1 Å². The van der Waals surface area contributed by atoms with Crippen LogP contribution in [0.2, 0.25) is 0 Å². The smallest absolute Gasteiger partial charge is 0.203 e. The maximum atomic E-state index is 9.19. The largest absolute Gasteiger partial charge is 0.493 e. The predicted molar refractivity (Wildman–Crippen MR) is 78.7 cm³/mol. The number of hydrogen-bond acceptors (Lipinski definition) is 5. The zero-order valence-electron chi connectivity index (χ0n) is 12.7. The minimum Gasteiger partial charge on any atom is -0.493 e. The first kappa shape index (κ1) is 16.6. The molecule has 0 saturated carbocycles. The molecular weight excluding hydrogens is 258 g/mol. The molecule has 0 aromatic heterocycles. The van der Waals surface area contributed by atoms with Gasteiger partial charge in [-0.25, -0.2) is 0 Å². The average molecular weight is 283 g/mol. The Morgan fingerprint density at radius 2 is 1.70 bits per heavy atom. The Morgan fingerprint density at radius 1 is 1.10 bits per heavy atom. The van der Waals surface area contributed by atoms with Crippen LogP contribution in [0.4, 0.5) is 0 Å². The summed E-state index contributed by atoms with van der Waals surface area (Å²) in [6.45, 7) is 3.39. The van der Waals surface area contributed by atoms with E-state index < -0.39 is 0 Å². The van der Waals surface area contributed by atoms with Crippen molar-refractivity contribution >= 4 is 0 Å². The lowest BCUT2D eigenvalue weighted by Crippen LogP contribution is -2.16. The van der Waals surface area contributed by atoms with Gasteiger partial charge < -0.3 is 24.6 Å². The van der Waals surface area contributed by atoms with Crippen molar-refractivity contribution in [2.75, 3.05) is 27.9 Å². The summed E-state index contributed by atoms with van der Waals surface area (Å²) < 4.78 is 15.9. The molecule has 20 heavy (non-hydrogen) atoms. The van der Waals surface area contributed by atoms with Gasteiger partial charge in [-0.2, -0.15) is 0 Å². The number of hydrogen-bond donors (Lipinski definition) is 2. The van der Waals surface area contributed by atoms with Gasteiger partial charge in [0, 0.05) is 6.54 Å². The first-order chi connectivity index (χ1) is 9.62. The average Bonchev–Trinajstić information content (AvgIpc) is 2.45. The van der Waals surface area contributed by atoms with Crippen LogP contribution >= 0.6 is 0 Å². The van der Waals surface area contributed by atoms with Crippen molar-refractivity contribution in [3.8, 4) is 17.2 Å². The van der Waals surface area contributed by atoms with Gasteiger partial charge in [-0.3, -0.25) is 0 Å². The Hall–Kier alpha value is -1.46. The normalized spacial score (nSPS) is 12.1. The van der Waals surface area contributed by atoms with E-state index in [4.69, 9.17) is 14.2 Å². The van der Waals surface area contributed by atoms with Gasteiger partial charge in [-0.05, 0) is 44.0 Å². The van der Waals surface area contributed by atoms with Crippen LogP contribution in [0.3, 0.4) is 0 Å². The molecule has 1 atom stereocenters. The maximum Gasteiger partial charge on any atom is 0.203 e. The molecule has 0 aliphatic carbocycles. The van der Waals surface area contributed by atoms with Crippen LogP contribution in [0.1, 0.15) is 25.3 Å². The minimum absolute atomic E-state index is 0.238. The van der Waals surface area contributed by atoms with E-state index in [1.807, 2.05) is 12.1 Å². The molecule has 0 aliphatic heterocycles. The standard InChI is InChI=1S/C15H25NO4/c1-11(17)6-5-7-16-10-12-8-13(18-2)15(20-4)14(9-12)19-3/h8-9,11,16-17H,5-7,10H2,1-4H3. The third kappa shape index (κ3) is 4.90. The summed E-state index contributed by atoms with van der Waals surface area (Å²) in [5.41, 5.74) is 1.07. The topological polar surface area (TPSA) is 60.0 Å². The van der Waals surface area contributed by atoms with E-state index in [9.17, 15) is 5.11 Å². The second kappa shape index (κ2) is 8.66. The summed E-state index contributed by atoms with van der Waals surface area (Å²) in [5.74, 6) is 1.92. The molecular formula is C15H25NO4. The summed E-state index contributed by atoms with van der Waals surface area (Å²) in [6.07, 6.45) is 1.52. The fourth-order valence-electron chi connectivity index (χ4n) is 1.99. The number of ether oxygens (including phenoxy) is 3. The second-order valence-electron chi connectivity index (χ2n) is 4.70. The molecule has 1 unspecified atom stereocenters. The molecule has 1 aromatic carbocycles. The highest BCUT2D eigenvalue weighted by molar-refractivity contribution is 5.53. The first-order valence-corrected chi connectivity index (χ1v) is 6.80. The van der Waals surface area contributed by atoms with Crippen molar-refractivity contribution < 1.29 is 19.3 Å². The Kier molecular flexibility index (Phi) is 7.18. The van der Waals surface area contributed by atoms with E-state index in [0.717, 1.165) is 31.5 Å². The molecule has 0 saturated heterocycles. The van der Waals surface area contributed by atoms with Gasteiger partial charge in [-0.1, -0.05) is 0 Å². The fraction of sp³-hybridized carbons (Fsp3) is 0.600. The van der Waals surface area contributed by atoms with Crippen molar-refractivity contribution in [1.82, 2.24) is 5.32 Å². The van der Waals surface area contributed by atoms with Crippen LogP contribution in [0, 0.1) is 0 Å². The van der Waals surface area contributed by atoms with Crippen LogP contribution in [0.25, 0.3) is 0 Å². The lowest BCUT2D eigenvalue weighted by molar-refractivity contribution is 0.181. The Morgan fingerprint density at radius 3 is 2.15 bits per heavy atom. The molecule has 0 bridgehead atoms. The van der Waals surface area contributed by atoms with E-state index in [1.165, 1.54) is 0 Å². The van der Waals surface area contributed by atoms with Gasteiger partial charge >= 0.3 is 0 Å². The number of aliphatic hydroxyl groups excluding tert-OH is 1. The highest BCUT2D eigenvalue weighted by atomic mass is 16.5. The number of aliphatic hydroxyl groups is 1. The third-order valence-electron chi connectivity index (χ3n) is 3.03. The fourth-order valence-corrected chi connectivity index (χ4v) is 1.99. The molecule has 0 heterocycles. The van der Waals surface area contributed by atoms with Crippen molar-refractivity contribution in [3.05, 3.63) is 17.7 Å². The summed E-state index contributed by atoms with van der Waals surface area (Å²) in [6, 6.07) is 3.87. The number of rotatable bonds is 9. The van der Waals surface area contributed by atoms with Gasteiger partial charge in [0.25, 0.3) is 0 Å². The molecule has 1 rings (SSSR count). The van der Waals surface area contributed by atoms with E-state index in [0.29, 0.717) is 17.2 Å². The number of nitrogens with one attached hydrogen (secondary N) is 1. The Labute approximate surface area is 120 Å². The second-order valence-corrected chi connectivity index (χ2v) is 4.70. The first-order valence-electron chi connectivity index (χ1n) is 6.80. The lowest BCUT2D eigenvalue weighted by Gasteiger charge is -2.14. The molecule has 1 aromatic rings. The monoisotopic (exact) mass is 283 g/mol. The molecule has 0 fully saturated rings. The SMILES string of the molecule is COc1cc(CNCCCC(C)O)cc(OC)c1OC. The van der Waals surface area contributed by atoms with E-state index in [-0.39, 0.29) is 6.10 Å². The van der Waals surface area contributed by atoms with Crippen molar-refractivity contribution in [3.63, 3.8) is 0 Å². The van der Waals surface area contributed by atoms with E-state index in [1.54, 1.807) is 28.3 Å². The molecule has 2 N–H and O–H groups in total. The molecule has 0 radical (unpaired) electrons. The zero-order valence-corrected chi connectivity index (χ0v) is 12.7. The van der Waals surface area contributed by atoms with Gasteiger partial charge in [0.05, 0.1) is 27.4 Å². The predicted octanol–water partition coefficient (Wildman–Crippen LogP) is 1.96. The Balaban J connectivity index is 2.62. The highest BCUT2D eigenvalue weighted by Gasteiger charge is 2.12. The van der Waals surface area contributed by atoms with Crippen molar-refractivity contribution in [2.45, 2.75) is 32.4 Å². The number of methoxy groups -OCH3 is 3. The molecule has 0 aliphatic rings. The quantitative estimate of drug-likeness (QED) is 0.678. The van der Waals surface area contributed by atoms with Crippen LogP contribution in [0.5, 0.6) is 17.2 Å². The van der Waals surface area contributed by atoms with Gasteiger partial charge in [0.2, 0.25) is 5.75 Å². The lowest BCUT2D eigenvalue weighted by atomic mass is 10.1.